The maximum Gasteiger partial charge on any atom is 0.254 e. The third-order valence-corrected chi connectivity index (χ3v) is 7.54. The lowest BCUT2D eigenvalue weighted by Crippen LogP contribution is -2.53. The minimum Gasteiger partial charge on any atom is -0.497 e. The second kappa shape index (κ2) is 11.3. The van der Waals surface area contributed by atoms with Gasteiger partial charge in [0.05, 0.1) is 20.3 Å². The van der Waals surface area contributed by atoms with Crippen molar-refractivity contribution in [1.82, 2.24) is 9.80 Å². The highest BCUT2D eigenvalue weighted by Crippen LogP contribution is 2.35. The number of fused-ring (bicyclic) bond motifs is 1. The fourth-order valence-electron chi connectivity index (χ4n) is 4.53. The van der Waals surface area contributed by atoms with Gasteiger partial charge in [0.25, 0.3) is 5.91 Å². The van der Waals surface area contributed by atoms with Gasteiger partial charge >= 0.3 is 0 Å². The monoisotopic (exact) mass is 522 g/mol. The zero-order valence-corrected chi connectivity index (χ0v) is 22.8. The summed E-state index contributed by atoms with van der Waals surface area (Å²) >= 11 is 1.70. The second-order valence-electron chi connectivity index (χ2n) is 9.91. The Kier molecular flexibility index (Phi) is 8.07. The number of methoxy groups -OCH3 is 2. The highest BCUT2D eigenvalue weighted by molar-refractivity contribution is 7.10. The number of carbonyl (C=O) groups is 2. The number of benzene rings is 2. The van der Waals surface area contributed by atoms with Crippen LogP contribution in [0.5, 0.6) is 17.2 Å². The Morgan fingerprint density at radius 3 is 2.49 bits per heavy atom. The Morgan fingerprint density at radius 2 is 1.78 bits per heavy atom. The van der Waals surface area contributed by atoms with Crippen LogP contribution < -0.4 is 14.2 Å². The summed E-state index contributed by atoms with van der Waals surface area (Å²) in [6.45, 7) is 6.63. The van der Waals surface area contributed by atoms with Crippen LogP contribution in [0.4, 0.5) is 0 Å². The van der Waals surface area contributed by atoms with Crippen LogP contribution in [0, 0.1) is 0 Å². The van der Waals surface area contributed by atoms with Gasteiger partial charge in [0.2, 0.25) is 5.91 Å². The standard InChI is InChI=1S/C29H34N2O5S/c1-29(2,3)31(28(33)20-9-8-10-21(17-20)34-4)18-27(32)30-15-13-26-22(14-16-37-26)23(30)19-36-25-12-7-6-11-24(25)35-5/h6-12,14,16-17,23H,13,15,18-19H2,1-5H3/t23-/m0/s1. The van der Waals surface area contributed by atoms with Crippen molar-refractivity contribution < 1.29 is 23.8 Å². The molecule has 1 atom stereocenters. The maximum atomic E-state index is 13.8. The van der Waals surface area contributed by atoms with Gasteiger partial charge in [-0.2, -0.15) is 0 Å². The van der Waals surface area contributed by atoms with E-state index in [0.29, 0.717) is 29.4 Å². The largest absolute Gasteiger partial charge is 0.497 e. The Hall–Kier alpha value is -3.52. The summed E-state index contributed by atoms with van der Waals surface area (Å²) in [6.07, 6.45) is 0.781. The third-order valence-electron chi connectivity index (χ3n) is 6.55. The van der Waals surface area contributed by atoms with Gasteiger partial charge in [-0.25, -0.2) is 0 Å². The molecule has 2 heterocycles. The number of hydrogen-bond acceptors (Lipinski definition) is 6. The Morgan fingerprint density at radius 1 is 1.03 bits per heavy atom. The molecule has 8 heteroatoms. The summed E-state index contributed by atoms with van der Waals surface area (Å²) in [5.41, 5.74) is 1.01. The van der Waals surface area contributed by atoms with Gasteiger partial charge in [0.15, 0.2) is 11.5 Å². The van der Waals surface area contributed by atoms with Crippen molar-refractivity contribution in [3.63, 3.8) is 0 Å². The predicted octanol–water partition coefficient (Wildman–Crippen LogP) is 5.21. The predicted molar refractivity (Wildman–Crippen MR) is 145 cm³/mol. The van der Waals surface area contributed by atoms with Crippen LogP contribution in [0.2, 0.25) is 0 Å². The molecule has 0 saturated carbocycles. The van der Waals surface area contributed by atoms with Crippen LogP contribution in [0.3, 0.4) is 0 Å². The van der Waals surface area contributed by atoms with Gasteiger partial charge in [-0.3, -0.25) is 9.59 Å². The molecule has 1 aliphatic heterocycles. The molecule has 0 spiro atoms. The average molecular weight is 523 g/mol. The lowest BCUT2D eigenvalue weighted by atomic mass is 9.99. The molecule has 0 radical (unpaired) electrons. The summed E-state index contributed by atoms with van der Waals surface area (Å²) in [5, 5.41) is 2.06. The van der Waals surface area contributed by atoms with Crippen molar-refractivity contribution in [3.8, 4) is 17.2 Å². The number of ether oxygens (including phenoxy) is 3. The lowest BCUT2D eigenvalue weighted by molar-refractivity contribution is -0.136. The Labute approximate surface area is 222 Å². The first kappa shape index (κ1) is 26.5. The van der Waals surface area contributed by atoms with E-state index in [1.165, 1.54) is 4.88 Å². The summed E-state index contributed by atoms with van der Waals surface area (Å²) in [5.74, 6) is 1.54. The quantitative estimate of drug-likeness (QED) is 0.406. The third kappa shape index (κ3) is 5.91. The molecule has 0 unspecified atom stereocenters. The average Bonchev–Trinajstić information content (AvgIpc) is 3.38. The molecule has 0 bridgehead atoms. The van der Waals surface area contributed by atoms with Crippen LogP contribution in [-0.4, -0.2) is 61.1 Å². The summed E-state index contributed by atoms with van der Waals surface area (Å²) in [6, 6.07) is 16.3. The zero-order valence-electron chi connectivity index (χ0n) is 22.0. The number of hydrogen-bond donors (Lipinski definition) is 0. The number of rotatable bonds is 8. The van der Waals surface area contributed by atoms with E-state index in [1.54, 1.807) is 54.7 Å². The second-order valence-corrected chi connectivity index (χ2v) is 10.9. The topological polar surface area (TPSA) is 68.3 Å². The first-order valence-corrected chi connectivity index (χ1v) is 13.2. The molecule has 0 N–H and O–H groups in total. The molecular weight excluding hydrogens is 488 g/mol. The van der Waals surface area contributed by atoms with Crippen molar-refractivity contribution in [1.29, 1.82) is 0 Å². The smallest absolute Gasteiger partial charge is 0.254 e. The molecule has 196 valence electrons. The summed E-state index contributed by atoms with van der Waals surface area (Å²) in [7, 11) is 3.17. The van der Waals surface area contributed by atoms with Gasteiger partial charge in [-0.05, 0) is 74.5 Å². The van der Waals surface area contributed by atoms with E-state index in [-0.39, 0.29) is 31.0 Å². The molecule has 0 fully saturated rings. The molecule has 0 aliphatic carbocycles. The van der Waals surface area contributed by atoms with E-state index in [1.807, 2.05) is 49.9 Å². The minimum absolute atomic E-state index is 0.0375. The van der Waals surface area contributed by atoms with Gasteiger partial charge in [0.1, 0.15) is 18.9 Å². The van der Waals surface area contributed by atoms with Crippen molar-refractivity contribution in [2.24, 2.45) is 0 Å². The van der Waals surface area contributed by atoms with E-state index in [2.05, 4.69) is 11.4 Å². The number of thiophene rings is 1. The minimum atomic E-state index is -0.567. The highest BCUT2D eigenvalue weighted by Gasteiger charge is 2.36. The molecule has 4 rings (SSSR count). The molecule has 2 amide bonds. The Bertz CT molecular complexity index is 1250. The van der Waals surface area contributed by atoms with Gasteiger partial charge in [-0.1, -0.05) is 18.2 Å². The highest BCUT2D eigenvalue weighted by atomic mass is 32.1. The molecular formula is C29H34N2O5S. The van der Waals surface area contributed by atoms with E-state index in [4.69, 9.17) is 14.2 Å². The molecule has 7 nitrogen and oxygen atoms in total. The number of carbonyl (C=O) groups excluding carboxylic acids is 2. The number of nitrogens with zero attached hydrogens (tertiary/aromatic N) is 2. The maximum absolute atomic E-state index is 13.8. The first-order valence-electron chi connectivity index (χ1n) is 12.3. The van der Waals surface area contributed by atoms with E-state index >= 15 is 0 Å². The number of amides is 2. The van der Waals surface area contributed by atoms with Crippen LogP contribution in [-0.2, 0) is 11.2 Å². The molecule has 1 aromatic heterocycles. The molecule has 37 heavy (non-hydrogen) atoms. The van der Waals surface area contributed by atoms with Crippen molar-refractivity contribution >= 4 is 23.2 Å². The lowest BCUT2D eigenvalue weighted by Gasteiger charge is -2.40. The van der Waals surface area contributed by atoms with Crippen molar-refractivity contribution in [3.05, 3.63) is 76.0 Å². The normalized spacial score (nSPS) is 15.1. The van der Waals surface area contributed by atoms with Gasteiger partial charge in [-0.15, -0.1) is 11.3 Å². The summed E-state index contributed by atoms with van der Waals surface area (Å²) < 4.78 is 16.9. The van der Waals surface area contributed by atoms with Crippen LogP contribution in [0.15, 0.2) is 60.0 Å². The fraction of sp³-hybridized carbons (Fsp3) is 0.379. The molecule has 3 aromatic rings. The fourth-order valence-corrected chi connectivity index (χ4v) is 5.46. The Balaban J connectivity index is 1.57. The van der Waals surface area contributed by atoms with Crippen molar-refractivity contribution in [2.75, 3.05) is 33.9 Å². The van der Waals surface area contributed by atoms with E-state index in [0.717, 1.165) is 12.0 Å². The van der Waals surface area contributed by atoms with Gasteiger partial charge < -0.3 is 24.0 Å². The van der Waals surface area contributed by atoms with E-state index < -0.39 is 5.54 Å². The van der Waals surface area contributed by atoms with Gasteiger partial charge in [0, 0.05) is 22.5 Å². The zero-order chi connectivity index (χ0) is 26.6. The number of para-hydroxylation sites is 2. The molecule has 1 aliphatic rings. The van der Waals surface area contributed by atoms with Crippen LogP contribution in [0.25, 0.3) is 0 Å². The molecule has 0 saturated heterocycles. The molecule has 2 aromatic carbocycles. The van der Waals surface area contributed by atoms with E-state index in [9.17, 15) is 9.59 Å². The summed E-state index contributed by atoms with van der Waals surface area (Å²) in [4.78, 5) is 32.1. The van der Waals surface area contributed by atoms with Crippen LogP contribution in [0.1, 0.15) is 47.6 Å². The SMILES string of the molecule is COc1cccc(C(=O)N(CC(=O)N2CCc3sccc3[C@@H]2COc2ccccc2OC)C(C)(C)C)c1. The van der Waals surface area contributed by atoms with Crippen LogP contribution >= 0.6 is 11.3 Å². The first-order chi connectivity index (χ1) is 17.7. The van der Waals surface area contributed by atoms with Crippen molar-refractivity contribution in [2.45, 2.75) is 38.8 Å².